The predicted molar refractivity (Wildman–Crippen MR) is 256 cm³/mol. The molecule has 0 aliphatic rings. The smallest absolute Gasteiger partial charge is 0.0468 e. The second-order valence-corrected chi connectivity index (χ2v) is 15.8. The van der Waals surface area contributed by atoms with Gasteiger partial charge in [-0.05, 0) is 151 Å². The Balaban J connectivity index is 0.990. The molecule has 1 nitrogen and oxygen atoms in total. The maximum Gasteiger partial charge on any atom is 0.0468 e. The number of aryl methyl sites for hydroxylation is 3. The second-order valence-electron chi connectivity index (χ2n) is 15.8. The van der Waals surface area contributed by atoms with Gasteiger partial charge in [0.2, 0.25) is 0 Å². The molecule has 0 aliphatic carbocycles. The molecule has 10 aromatic carbocycles. The SMILES string of the molecule is Cc1cc(N(c2cccc(-c3ccccc3)c2)c2ccc3cc(-c4ccc(-c5ccc6ccccc6c5)cc4)ccc3c2)ccc1-c1ccccc1CCc1ccccc1. The van der Waals surface area contributed by atoms with Crippen LogP contribution in [0.1, 0.15) is 16.7 Å². The molecule has 60 heavy (non-hydrogen) atoms. The number of hydrogen-bond acceptors (Lipinski definition) is 1. The van der Waals surface area contributed by atoms with Crippen molar-refractivity contribution >= 4 is 38.6 Å². The van der Waals surface area contributed by atoms with Gasteiger partial charge in [0.15, 0.2) is 0 Å². The van der Waals surface area contributed by atoms with Crippen LogP contribution in [0.2, 0.25) is 0 Å². The third-order valence-electron chi connectivity index (χ3n) is 11.9. The van der Waals surface area contributed by atoms with E-state index in [0.29, 0.717) is 0 Å². The predicted octanol–water partition coefficient (Wildman–Crippen LogP) is 16.2. The van der Waals surface area contributed by atoms with E-state index in [1.54, 1.807) is 0 Å². The maximum atomic E-state index is 2.41. The zero-order valence-electron chi connectivity index (χ0n) is 33.8. The van der Waals surface area contributed by atoms with Gasteiger partial charge in [0, 0.05) is 17.1 Å². The summed E-state index contributed by atoms with van der Waals surface area (Å²) in [5.74, 6) is 0. The topological polar surface area (TPSA) is 3.24 Å². The molecule has 0 spiro atoms. The molecule has 0 heterocycles. The Labute approximate surface area is 353 Å². The Hall–Kier alpha value is -7.48. The number of fused-ring (bicyclic) bond motifs is 2. The molecule has 0 unspecified atom stereocenters. The highest BCUT2D eigenvalue weighted by atomic mass is 15.1. The van der Waals surface area contributed by atoms with Crippen LogP contribution in [0.3, 0.4) is 0 Å². The molecule has 0 saturated heterocycles. The van der Waals surface area contributed by atoms with Crippen LogP contribution < -0.4 is 4.90 Å². The Morgan fingerprint density at radius 2 is 0.800 bits per heavy atom. The van der Waals surface area contributed by atoms with E-state index in [9.17, 15) is 0 Å². The minimum atomic E-state index is 0.995. The highest BCUT2D eigenvalue weighted by molar-refractivity contribution is 5.93. The van der Waals surface area contributed by atoms with Gasteiger partial charge in [0.05, 0.1) is 0 Å². The summed E-state index contributed by atoms with van der Waals surface area (Å²) in [6.45, 7) is 2.25. The number of anilines is 3. The van der Waals surface area contributed by atoms with Crippen molar-refractivity contribution < 1.29 is 0 Å². The molecule has 0 aromatic heterocycles. The molecular formula is C59H45N. The first-order chi connectivity index (χ1) is 29.6. The molecule has 0 N–H and O–H groups in total. The second kappa shape index (κ2) is 16.4. The lowest BCUT2D eigenvalue weighted by atomic mass is 9.92. The summed E-state index contributed by atoms with van der Waals surface area (Å²) in [6, 6.07) is 84.2. The fourth-order valence-corrected chi connectivity index (χ4v) is 8.69. The van der Waals surface area contributed by atoms with E-state index < -0.39 is 0 Å². The molecule has 0 saturated carbocycles. The number of hydrogen-bond donors (Lipinski definition) is 0. The van der Waals surface area contributed by atoms with Gasteiger partial charge in [-0.1, -0.05) is 182 Å². The minimum Gasteiger partial charge on any atom is -0.310 e. The van der Waals surface area contributed by atoms with E-state index in [1.165, 1.54) is 82.7 Å². The van der Waals surface area contributed by atoms with Crippen LogP contribution in [0, 0.1) is 6.92 Å². The summed E-state index contributed by atoms with van der Waals surface area (Å²) in [5, 5.41) is 4.94. The summed E-state index contributed by atoms with van der Waals surface area (Å²) < 4.78 is 0. The van der Waals surface area contributed by atoms with Crippen LogP contribution in [-0.4, -0.2) is 0 Å². The fraction of sp³-hybridized carbons (Fsp3) is 0.0508. The van der Waals surface area contributed by atoms with Crippen molar-refractivity contribution in [3.05, 3.63) is 247 Å². The molecule has 0 aliphatic heterocycles. The molecule has 0 atom stereocenters. The van der Waals surface area contributed by atoms with Crippen molar-refractivity contribution in [3.8, 4) is 44.5 Å². The fourth-order valence-electron chi connectivity index (χ4n) is 8.69. The first kappa shape index (κ1) is 36.8. The Morgan fingerprint density at radius 3 is 1.55 bits per heavy atom. The van der Waals surface area contributed by atoms with Gasteiger partial charge in [-0.25, -0.2) is 0 Å². The summed E-state index contributed by atoms with van der Waals surface area (Å²) in [5.41, 5.74) is 17.2. The highest BCUT2D eigenvalue weighted by Gasteiger charge is 2.17. The standard InChI is InChI=1S/C59H45N/c1-42-37-56(35-36-58(42)59-22-11-10-18-48(59)24-23-43-13-4-2-5-14-43)60(55-21-12-20-50(40-55)44-15-6-3-7-16-44)57-34-33-53-39-52(31-32-54(53)41-57)47-27-25-46(26-28-47)51-30-29-45-17-8-9-19-49(45)38-51/h2-22,25-41H,23-24H2,1H3. The molecule has 0 fully saturated rings. The lowest BCUT2D eigenvalue weighted by Gasteiger charge is -2.27. The van der Waals surface area contributed by atoms with Crippen LogP contribution >= 0.6 is 0 Å². The summed E-state index contributed by atoms with van der Waals surface area (Å²) in [6.07, 6.45) is 2.01. The average molecular weight is 768 g/mol. The molecule has 0 radical (unpaired) electrons. The van der Waals surface area contributed by atoms with Crippen LogP contribution in [0.5, 0.6) is 0 Å². The molecule has 1 heteroatoms. The molecule has 0 bridgehead atoms. The van der Waals surface area contributed by atoms with Crippen molar-refractivity contribution in [3.63, 3.8) is 0 Å². The Bertz CT molecular complexity index is 3090. The van der Waals surface area contributed by atoms with Crippen LogP contribution in [0.4, 0.5) is 17.1 Å². The average Bonchev–Trinajstić information content (AvgIpc) is 3.31. The van der Waals surface area contributed by atoms with Gasteiger partial charge in [-0.15, -0.1) is 0 Å². The molecule has 0 amide bonds. The summed E-state index contributed by atoms with van der Waals surface area (Å²) >= 11 is 0. The van der Waals surface area contributed by atoms with Crippen molar-refractivity contribution in [2.75, 3.05) is 4.90 Å². The Morgan fingerprint density at radius 1 is 0.300 bits per heavy atom. The summed E-state index contributed by atoms with van der Waals surface area (Å²) in [7, 11) is 0. The van der Waals surface area contributed by atoms with E-state index >= 15 is 0 Å². The van der Waals surface area contributed by atoms with Gasteiger partial charge >= 0.3 is 0 Å². The number of rotatable bonds is 10. The lowest BCUT2D eigenvalue weighted by molar-refractivity contribution is 0.962. The number of nitrogens with zero attached hydrogens (tertiary/aromatic N) is 1. The van der Waals surface area contributed by atoms with Gasteiger partial charge in [-0.3, -0.25) is 0 Å². The van der Waals surface area contributed by atoms with Crippen LogP contribution in [0.15, 0.2) is 231 Å². The van der Waals surface area contributed by atoms with Crippen molar-refractivity contribution in [1.29, 1.82) is 0 Å². The molecule has 10 aromatic rings. The van der Waals surface area contributed by atoms with Gasteiger partial charge in [-0.2, -0.15) is 0 Å². The normalized spacial score (nSPS) is 11.2. The minimum absolute atomic E-state index is 0.995. The Kier molecular flexibility index (Phi) is 10.1. The van der Waals surface area contributed by atoms with Crippen LogP contribution in [-0.2, 0) is 12.8 Å². The van der Waals surface area contributed by atoms with Gasteiger partial charge in [0.25, 0.3) is 0 Å². The lowest BCUT2D eigenvalue weighted by Crippen LogP contribution is -2.10. The van der Waals surface area contributed by atoms with E-state index in [-0.39, 0.29) is 0 Å². The van der Waals surface area contributed by atoms with E-state index in [0.717, 1.165) is 29.9 Å². The van der Waals surface area contributed by atoms with Gasteiger partial charge < -0.3 is 4.90 Å². The van der Waals surface area contributed by atoms with Crippen molar-refractivity contribution in [1.82, 2.24) is 0 Å². The maximum absolute atomic E-state index is 2.41. The third kappa shape index (κ3) is 7.62. The monoisotopic (exact) mass is 767 g/mol. The molecule has 286 valence electrons. The number of benzene rings is 10. The van der Waals surface area contributed by atoms with Crippen molar-refractivity contribution in [2.24, 2.45) is 0 Å². The van der Waals surface area contributed by atoms with Gasteiger partial charge in [0.1, 0.15) is 0 Å². The van der Waals surface area contributed by atoms with E-state index in [1.807, 2.05) is 0 Å². The molecule has 10 rings (SSSR count). The van der Waals surface area contributed by atoms with E-state index in [2.05, 4.69) is 242 Å². The highest BCUT2D eigenvalue weighted by Crippen LogP contribution is 2.41. The quantitative estimate of drug-likeness (QED) is 0.134. The van der Waals surface area contributed by atoms with E-state index in [4.69, 9.17) is 0 Å². The van der Waals surface area contributed by atoms with Crippen molar-refractivity contribution in [2.45, 2.75) is 19.8 Å². The largest absolute Gasteiger partial charge is 0.310 e. The summed E-state index contributed by atoms with van der Waals surface area (Å²) in [4.78, 5) is 2.41. The zero-order valence-corrected chi connectivity index (χ0v) is 33.8. The van der Waals surface area contributed by atoms with Crippen LogP contribution in [0.25, 0.3) is 66.1 Å². The third-order valence-corrected chi connectivity index (χ3v) is 11.9. The molecular weight excluding hydrogens is 723 g/mol. The first-order valence-corrected chi connectivity index (χ1v) is 20.9. The zero-order chi connectivity index (χ0) is 40.3. The first-order valence-electron chi connectivity index (χ1n) is 20.9.